The molecule has 0 radical (unpaired) electrons. The third-order valence-corrected chi connectivity index (χ3v) is 4.04. The lowest BCUT2D eigenvalue weighted by Gasteiger charge is -2.27. The number of urea groups is 1. The van der Waals surface area contributed by atoms with Gasteiger partial charge in [-0.1, -0.05) is 36.8 Å². The number of benzene rings is 1. The van der Waals surface area contributed by atoms with Crippen LogP contribution in [0.3, 0.4) is 0 Å². The molecule has 1 aromatic carbocycles. The predicted molar refractivity (Wildman–Crippen MR) is 74.9 cm³/mol. The number of hydrogen-bond donors (Lipinski definition) is 2. The quantitative estimate of drug-likeness (QED) is 0.870. The summed E-state index contributed by atoms with van der Waals surface area (Å²) < 4.78 is 0. The van der Waals surface area contributed by atoms with E-state index in [2.05, 4.69) is 22.8 Å². The van der Waals surface area contributed by atoms with E-state index in [1.807, 2.05) is 23.1 Å². The van der Waals surface area contributed by atoms with Crippen molar-refractivity contribution in [1.29, 1.82) is 0 Å². The topological polar surface area (TPSA) is 44.4 Å². The summed E-state index contributed by atoms with van der Waals surface area (Å²) in [5.41, 5.74) is 1.19. The molecule has 19 heavy (non-hydrogen) atoms. The molecule has 0 bridgehead atoms. The third kappa shape index (κ3) is 2.89. The van der Waals surface area contributed by atoms with Gasteiger partial charge in [0, 0.05) is 19.1 Å². The zero-order valence-corrected chi connectivity index (χ0v) is 11.1. The van der Waals surface area contributed by atoms with Crippen LogP contribution in [0.2, 0.25) is 0 Å². The first-order chi connectivity index (χ1) is 9.33. The van der Waals surface area contributed by atoms with E-state index in [0.717, 1.165) is 19.6 Å². The summed E-state index contributed by atoms with van der Waals surface area (Å²) in [4.78, 5) is 14.0. The van der Waals surface area contributed by atoms with Crippen LogP contribution in [0.25, 0.3) is 0 Å². The molecule has 0 aromatic heterocycles. The van der Waals surface area contributed by atoms with E-state index >= 15 is 0 Å². The van der Waals surface area contributed by atoms with Crippen molar-refractivity contribution in [3.05, 3.63) is 35.9 Å². The van der Waals surface area contributed by atoms with Crippen LogP contribution >= 0.6 is 0 Å². The van der Waals surface area contributed by atoms with E-state index in [4.69, 9.17) is 0 Å². The molecule has 0 spiro atoms. The van der Waals surface area contributed by atoms with Crippen molar-refractivity contribution in [3.8, 4) is 0 Å². The zero-order chi connectivity index (χ0) is 13.1. The van der Waals surface area contributed by atoms with E-state index in [0.29, 0.717) is 6.04 Å². The van der Waals surface area contributed by atoms with Gasteiger partial charge in [0.25, 0.3) is 0 Å². The number of carbonyl (C=O) groups is 1. The fourth-order valence-corrected chi connectivity index (χ4v) is 2.97. The van der Waals surface area contributed by atoms with Crippen LogP contribution in [0.5, 0.6) is 0 Å². The maximum absolute atomic E-state index is 12.0. The predicted octanol–water partition coefficient (Wildman–Crippen LogP) is 1.90. The zero-order valence-electron chi connectivity index (χ0n) is 11.1. The minimum absolute atomic E-state index is 0.0706. The highest BCUT2D eigenvalue weighted by Gasteiger charge is 2.31. The summed E-state index contributed by atoms with van der Waals surface area (Å²) >= 11 is 0. The van der Waals surface area contributed by atoms with Crippen LogP contribution in [-0.2, 0) is 0 Å². The number of carbonyl (C=O) groups excluding carboxylic acids is 1. The summed E-state index contributed by atoms with van der Waals surface area (Å²) in [7, 11) is 0. The van der Waals surface area contributed by atoms with Crippen molar-refractivity contribution >= 4 is 6.03 Å². The van der Waals surface area contributed by atoms with Gasteiger partial charge < -0.3 is 15.5 Å². The number of rotatable bonds is 3. The summed E-state index contributed by atoms with van der Waals surface area (Å²) in [5, 5.41) is 6.57. The number of piperidine rings is 1. The molecule has 2 aliphatic rings. The Morgan fingerprint density at radius 3 is 2.79 bits per heavy atom. The highest BCUT2D eigenvalue weighted by Crippen LogP contribution is 2.21. The maximum atomic E-state index is 12.0. The van der Waals surface area contributed by atoms with Gasteiger partial charge in [-0.3, -0.25) is 0 Å². The van der Waals surface area contributed by atoms with Crippen molar-refractivity contribution in [2.24, 2.45) is 0 Å². The van der Waals surface area contributed by atoms with Gasteiger partial charge in [-0.25, -0.2) is 4.79 Å². The molecule has 0 saturated carbocycles. The van der Waals surface area contributed by atoms with Gasteiger partial charge in [0.2, 0.25) is 0 Å². The molecule has 2 atom stereocenters. The number of hydrogen-bond acceptors (Lipinski definition) is 2. The lowest BCUT2D eigenvalue weighted by molar-refractivity contribution is 0.207. The summed E-state index contributed by atoms with van der Waals surface area (Å²) in [5.74, 6) is 0. The fraction of sp³-hybridized carbons (Fsp3) is 0.533. The first-order valence-electron chi connectivity index (χ1n) is 7.17. The summed E-state index contributed by atoms with van der Waals surface area (Å²) in [6, 6.07) is 10.9. The molecule has 2 heterocycles. The monoisotopic (exact) mass is 259 g/mol. The van der Waals surface area contributed by atoms with Crippen LogP contribution in [0.4, 0.5) is 4.79 Å². The van der Waals surface area contributed by atoms with E-state index in [1.54, 1.807) is 0 Å². The summed E-state index contributed by atoms with van der Waals surface area (Å²) in [6.45, 7) is 2.69. The third-order valence-electron chi connectivity index (χ3n) is 4.04. The molecule has 2 fully saturated rings. The molecule has 0 aliphatic carbocycles. The van der Waals surface area contributed by atoms with Crippen LogP contribution in [0, 0.1) is 0 Å². The maximum Gasteiger partial charge on any atom is 0.318 e. The van der Waals surface area contributed by atoms with E-state index in [9.17, 15) is 4.79 Å². The van der Waals surface area contributed by atoms with Gasteiger partial charge in [-0.05, 0) is 24.9 Å². The Balaban J connectivity index is 1.60. The Hall–Kier alpha value is -1.55. The summed E-state index contributed by atoms with van der Waals surface area (Å²) in [6.07, 6.45) is 3.71. The van der Waals surface area contributed by atoms with Gasteiger partial charge in [0.15, 0.2) is 0 Å². The number of nitrogens with one attached hydrogen (secondary N) is 2. The Kier molecular flexibility index (Phi) is 3.69. The average Bonchev–Trinajstić information content (AvgIpc) is 2.82. The minimum atomic E-state index is 0.0706. The van der Waals surface area contributed by atoms with Gasteiger partial charge in [-0.15, -0.1) is 0 Å². The van der Waals surface area contributed by atoms with Crippen molar-refractivity contribution < 1.29 is 4.79 Å². The van der Waals surface area contributed by atoms with Crippen molar-refractivity contribution in [1.82, 2.24) is 15.5 Å². The van der Waals surface area contributed by atoms with Crippen molar-refractivity contribution in [2.45, 2.75) is 31.3 Å². The largest absolute Gasteiger partial charge is 0.329 e. The van der Waals surface area contributed by atoms with Crippen molar-refractivity contribution in [2.75, 3.05) is 19.6 Å². The molecule has 2 saturated heterocycles. The lowest BCUT2D eigenvalue weighted by Crippen LogP contribution is -2.44. The first kappa shape index (κ1) is 12.5. The Labute approximate surface area is 114 Å². The van der Waals surface area contributed by atoms with Gasteiger partial charge in [-0.2, -0.15) is 0 Å². The smallest absolute Gasteiger partial charge is 0.318 e. The van der Waals surface area contributed by atoms with Gasteiger partial charge in [0.1, 0.15) is 0 Å². The fourth-order valence-electron chi connectivity index (χ4n) is 2.97. The van der Waals surface area contributed by atoms with Gasteiger partial charge in [0.05, 0.1) is 6.04 Å². The molecular formula is C15H21N3O. The molecule has 4 nitrogen and oxygen atoms in total. The number of amides is 2. The highest BCUT2D eigenvalue weighted by molar-refractivity contribution is 5.77. The highest BCUT2D eigenvalue weighted by atomic mass is 16.2. The molecule has 102 valence electrons. The van der Waals surface area contributed by atoms with E-state index in [-0.39, 0.29) is 12.1 Å². The van der Waals surface area contributed by atoms with Crippen LogP contribution in [0.15, 0.2) is 30.3 Å². The Morgan fingerprint density at radius 1 is 1.21 bits per heavy atom. The van der Waals surface area contributed by atoms with E-state index < -0.39 is 0 Å². The second-order valence-electron chi connectivity index (χ2n) is 5.46. The van der Waals surface area contributed by atoms with Gasteiger partial charge >= 0.3 is 6.03 Å². The Morgan fingerprint density at radius 2 is 2.05 bits per heavy atom. The molecule has 4 heteroatoms. The van der Waals surface area contributed by atoms with Crippen LogP contribution in [-0.4, -0.2) is 36.6 Å². The second kappa shape index (κ2) is 5.61. The lowest BCUT2D eigenvalue weighted by atomic mass is 10.0. The molecule has 2 unspecified atom stereocenters. The van der Waals surface area contributed by atoms with Crippen LogP contribution in [0.1, 0.15) is 30.9 Å². The van der Waals surface area contributed by atoms with E-state index in [1.165, 1.54) is 24.8 Å². The molecule has 2 N–H and O–H groups in total. The average molecular weight is 259 g/mol. The SMILES string of the molecule is O=C1NC(c2ccccc2)CN1CC1CCCCN1. The van der Waals surface area contributed by atoms with Crippen LogP contribution < -0.4 is 10.6 Å². The molecule has 2 aliphatic heterocycles. The normalized spacial score (nSPS) is 27.4. The molecule has 1 aromatic rings. The second-order valence-corrected chi connectivity index (χ2v) is 5.46. The minimum Gasteiger partial charge on any atom is -0.329 e. The number of nitrogens with zero attached hydrogens (tertiary/aromatic N) is 1. The molecule has 2 amide bonds. The molecule has 3 rings (SSSR count). The Bertz CT molecular complexity index is 428. The van der Waals surface area contributed by atoms with Crippen molar-refractivity contribution in [3.63, 3.8) is 0 Å². The molecular weight excluding hydrogens is 238 g/mol. The first-order valence-corrected chi connectivity index (χ1v) is 7.17. The standard InChI is InChI=1S/C15H21N3O/c19-15-17-14(12-6-2-1-3-7-12)11-18(15)10-13-8-4-5-9-16-13/h1-3,6-7,13-14,16H,4-5,8-11H2,(H,17,19).